The third-order valence-electron chi connectivity index (χ3n) is 5.16. The van der Waals surface area contributed by atoms with Gasteiger partial charge in [0, 0.05) is 37.6 Å². The highest BCUT2D eigenvalue weighted by atomic mass is 15.3. The molecular weight excluding hydrogens is 322 g/mol. The molecule has 2 aromatic rings. The fourth-order valence-electron chi connectivity index (χ4n) is 3.91. The molecule has 0 radical (unpaired) electrons. The first-order chi connectivity index (χ1) is 12.7. The van der Waals surface area contributed by atoms with E-state index < -0.39 is 0 Å². The third kappa shape index (κ3) is 3.27. The van der Waals surface area contributed by atoms with Crippen LogP contribution in [0, 0.1) is 30.1 Å². The number of nitrogens with zero attached hydrogens (tertiary/aromatic N) is 5. The van der Waals surface area contributed by atoms with E-state index >= 15 is 0 Å². The first-order valence-electron chi connectivity index (χ1n) is 9.05. The lowest BCUT2D eigenvalue weighted by molar-refractivity contribution is 0.202. The molecule has 0 aliphatic carbocycles. The van der Waals surface area contributed by atoms with Gasteiger partial charge >= 0.3 is 0 Å². The van der Waals surface area contributed by atoms with Crippen molar-refractivity contribution >= 4 is 5.82 Å². The van der Waals surface area contributed by atoms with Crippen molar-refractivity contribution in [1.82, 2.24) is 14.9 Å². The summed E-state index contributed by atoms with van der Waals surface area (Å²) in [5.74, 6) is 7.49. The molecule has 0 bridgehead atoms. The van der Waals surface area contributed by atoms with Crippen molar-refractivity contribution in [3.63, 3.8) is 0 Å². The van der Waals surface area contributed by atoms with Crippen LogP contribution in [0.2, 0.25) is 0 Å². The van der Waals surface area contributed by atoms with Gasteiger partial charge in [-0.05, 0) is 50.0 Å². The van der Waals surface area contributed by atoms with Crippen LogP contribution in [0.1, 0.15) is 29.8 Å². The molecule has 0 aromatic carbocycles. The summed E-state index contributed by atoms with van der Waals surface area (Å²) in [6, 6.07) is 12.6. The number of nitriles is 1. The van der Waals surface area contributed by atoms with Gasteiger partial charge in [-0.15, -0.1) is 0 Å². The molecule has 2 aromatic heterocycles. The Balaban J connectivity index is 1.47. The van der Waals surface area contributed by atoms with Crippen LogP contribution >= 0.6 is 0 Å². The molecule has 0 spiro atoms. The van der Waals surface area contributed by atoms with Gasteiger partial charge in [-0.1, -0.05) is 12.0 Å². The molecule has 2 aliphatic heterocycles. The second-order valence-corrected chi connectivity index (χ2v) is 6.85. The first-order valence-corrected chi connectivity index (χ1v) is 9.05. The number of hydrogen-bond acceptors (Lipinski definition) is 5. The number of rotatable bonds is 1. The summed E-state index contributed by atoms with van der Waals surface area (Å²) >= 11 is 0. The topological polar surface area (TPSA) is 56.1 Å². The van der Waals surface area contributed by atoms with Gasteiger partial charge in [0.2, 0.25) is 0 Å². The average molecular weight is 343 g/mol. The van der Waals surface area contributed by atoms with E-state index in [0.29, 0.717) is 17.6 Å². The van der Waals surface area contributed by atoms with E-state index in [-0.39, 0.29) is 0 Å². The fraction of sp³-hybridized carbons (Fsp3) is 0.381. The summed E-state index contributed by atoms with van der Waals surface area (Å²) in [5.41, 5.74) is 2.50. The van der Waals surface area contributed by atoms with Crippen LogP contribution in [0.4, 0.5) is 5.82 Å². The molecular formula is C21H21N5. The van der Waals surface area contributed by atoms with Gasteiger partial charge in [0.05, 0.1) is 11.6 Å². The van der Waals surface area contributed by atoms with Gasteiger partial charge in [0.15, 0.2) is 0 Å². The van der Waals surface area contributed by atoms with E-state index in [9.17, 15) is 5.26 Å². The Morgan fingerprint density at radius 1 is 1.15 bits per heavy atom. The van der Waals surface area contributed by atoms with Gasteiger partial charge < -0.3 is 4.90 Å². The maximum Gasteiger partial charge on any atom is 0.146 e. The van der Waals surface area contributed by atoms with Crippen LogP contribution < -0.4 is 4.90 Å². The summed E-state index contributed by atoms with van der Waals surface area (Å²) in [4.78, 5) is 13.7. The predicted molar refractivity (Wildman–Crippen MR) is 101 cm³/mol. The molecule has 5 heteroatoms. The summed E-state index contributed by atoms with van der Waals surface area (Å²) < 4.78 is 0. The van der Waals surface area contributed by atoms with Crippen molar-refractivity contribution in [1.29, 1.82) is 5.26 Å². The molecule has 2 saturated heterocycles. The van der Waals surface area contributed by atoms with Crippen molar-refractivity contribution in [3.05, 3.63) is 53.5 Å². The van der Waals surface area contributed by atoms with E-state index in [1.807, 2.05) is 37.3 Å². The molecule has 0 amide bonds. The largest absolute Gasteiger partial charge is 0.353 e. The van der Waals surface area contributed by atoms with E-state index in [0.717, 1.165) is 49.7 Å². The monoisotopic (exact) mass is 343 g/mol. The second kappa shape index (κ2) is 7.15. The lowest BCUT2D eigenvalue weighted by Gasteiger charge is -2.39. The smallest absolute Gasteiger partial charge is 0.146 e. The SMILES string of the molecule is Cc1cccc(C#C[C@@H]2CC[C@@H]3CN(c4ncccc4C#N)CCN32)n1. The van der Waals surface area contributed by atoms with Crippen molar-refractivity contribution < 1.29 is 0 Å². The zero-order valence-electron chi connectivity index (χ0n) is 14.9. The minimum absolute atomic E-state index is 0.295. The van der Waals surface area contributed by atoms with Crippen molar-refractivity contribution in [3.8, 4) is 17.9 Å². The maximum atomic E-state index is 9.32. The molecule has 2 fully saturated rings. The summed E-state index contributed by atoms with van der Waals surface area (Å²) in [6.07, 6.45) is 3.98. The van der Waals surface area contributed by atoms with Gasteiger partial charge in [-0.25, -0.2) is 9.97 Å². The first kappa shape index (κ1) is 16.6. The van der Waals surface area contributed by atoms with Crippen molar-refractivity contribution in [2.24, 2.45) is 0 Å². The lowest BCUT2D eigenvalue weighted by Crippen LogP contribution is -2.52. The maximum absolute atomic E-state index is 9.32. The number of hydrogen-bond donors (Lipinski definition) is 0. The number of piperazine rings is 1. The highest BCUT2D eigenvalue weighted by Crippen LogP contribution is 2.29. The Bertz CT molecular complexity index is 904. The van der Waals surface area contributed by atoms with Crippen LogP contribution in [0.5, 0.6) is 0 Å². The molecule has 0 unspecified atom stereocenters. The van der Waals surface area contributed by atoms with Gasteiger partial charge in [0.25, 0.3) is 0 Å². The minimum atomic E-state index is 0.295. The predicted octanol–water partition coefficient (Wildman–Crippen LogP) is 2.36. The Morgan fingerprint density at radius 3 is 2.92 bits per heavy atom. The van der Waals surface area contributed by atoms with E-state index in [4.69, 9.17) is 0 Å². The quantitative estimate of drug-likeness (QED) is 0.744. The Hall–Kier alpha value is -2.89. The Morgan fingerprint density at radius 2 is 2.08 bits per heavy atom. The van der Waals surface area contributed by atoms with Crippen molar-refractivity contribution in [2.45, 2.75) is 31.8 Å². The summed E-state index contributed by atoms with van der Waals surface area (Å²) in [7, 11) is 0. The van der Waals surface area contributed by atoms with Crippen LogP contribution in [0.15, 0.2) is 36.5 Å². The number of aryl methyl sites for hydroxylation is 1. The standard InChI is InChI=1S/C21H21N5/c1-16-4-2-6-18(24-16)7-8-19-9-10-20-15-25(12-13-26(19)20)21-17(14-22)5-3-11-23-21/h2-6,11,19-20H,9-10,12-13,15H2,1H3/t19-,20-/m1/s1. The van der Waals surface area contributed by atoms with Crippen LogP contribution in [-0.4, -0.2) is 46.6 Å². The minimum Gasteiger partial charge on any atom is -0.353 e. The molecule has 0 N–H and O–H groups in total. The molecule has 130 valence electrons. The second-order valence-electron chi connectivity index (χ2n) is 6.85. The van der Waals surface area contributed by atoms with Crippen LogP contribution in [-0.2, 0) is 0 Å². The summed E-state index contributed by atoms with van der Waals surface area (Å²) in [5, 5.41) is 9.32. The van der Waals surface area contributed by atoms with Crippen molar-refractivity contribution in [2.75, 3.05) is 24.5 Å². The van der Waals surface area contributed by atoms with Gasteiger partial charge in [0.1, 0.15) is 17.6 Å². The average Bonchev–Trinajstić information content (AvgIpc) is 3.08. The van der Waals surface area contributed by atoms with Gasteiger partial charge in [-0.2, -0.15) is 5.26 Å². The van der Waals surface area contributed by atoms with Crippen LogP contribution in [0.25, 0.3) is 0 Å². The molecule has 5 nitrogen and oxygen atoms in total. The van der Waals surface area contributed by atoms with E-state index in [1.54, 1.807) is 6.20 Å². The zero-order valence-corrected chi connectivity index (χ0v) is 14.9. The Kier molecular flexibility index (Phi) is 4.56. The molecule has 4 heterocycles. The molecule has 26 heavy (non-hydrogen) atoms. The number of aromatic nitrogens is 2. The lowest BCUT2D eigenvalue weighted by atomic mass is 10.1. The molecule has 2 aliphatic rings. The van der Waals surface area contributed by atoms with Gasteiger partial charge in [-0.3, -0.25) is 4.90 Å². The molecule has 4 rings (SSSR count). The number of fused-ring (bicyclic) bond motifs is 1. The van der Waals surface area contributed by atoms with E-state index in [2.05, 4.69) is 37.7 Å². The highest BCUT2D eigenvalue weighted by molar-refractivity contribution is 5.54. The third-order valence-corrected chi connectivity index (χ3v) is 5.16. The van der Waals surface area contributed by atoms with E-state index in [1.165, 1.54) is 0 Å². The summed E-state index contributed by atoms with van der Waals surface area (Å²) in [6.45, 7) is 4.73. The molecule has 2 atom stereocenters. The normalized spacial score (nSPS) is 22.2. The number of pyridine rings is 2. The van der Waals surface area contributed by atoms with Crippen LogP contribution in [0.3, 0.4) is 0 Å². The number of anilines is 1. The zero-order chi connectivity index (χ0) is 17.9. The fourth-order valence-corrected chi connectivity index (χ4v) is 3.91. The highest BCUT2D eigenvalue weighted by Gasteiger charge is 2.37. The molecule has 0 saturated carbocycles. The Labute approximate surface area is 154 Å².